The van der Waals surface area contributed by atoms with Crippen LogP contribution >= 0.6 is 0 Å². The van der Waals surface area contributed by atoms with Gasteiger partial charge in [-0.2, -0.15) is 0 Å². The third-order valence-corrected chi connectivity index (χ3v) is 2.64. The van der Waals surface area contributed by atoms with Crippen LogP contribution in [-0.4, -0.2) is 32.2 Å². The summed E-state index contributed by atoms with van der Waals surface area (Å²) >= 11 is 0. The SMILES string of the molecule is Cc1cc2nnc(CCCNC(C)C)n2cn1. The van der Waals surface area contributed by atoms with E-state index in [0.29, 0.717) is 6.04 Å². The molecule has 0 saturated heterocycles. The van der Waals surface area contributed by atoms with Crippen molar-refractivity contribution in [2.75, 3.05) is 6.54 Å². The lowest BCUT2D eigenvalue weighted by atomic mass is 10.3. The first-order valence-electron chi connectivity index (χ1n) is 6.06. The van der Waals surface area contributed by atoms with Crippen molar-refractivity contribution in [1.82, 2.24) is 24.9 Å². The Morgan fingerprint density at radius 1 is 1.35 bits per heavy atom. The molecule has 0 spiro atoms. The van der Waals surface area contributed by atoms with E-state index in [2.05, 4.69) is 34.3 Å². The third-order valence-electron chi connectivity index (χ3n) is 2.64. The monoisotopic (exact) mass is 233 g/mol. The Bertz CT molecular complexity index is 489. The van der Waals surface area contributed by atoms with Gasteiger partial charge < -0.3 is 5.32 Å². The second kappa shape index (κ2) is 5.23. The summed E-state index contributed by atoms with van der Waals surface area (Å²) in [5.41, 5.74) is 1.85. The van der Waals surface area contributed by atoms with Crippen molar-refractivity contribution in [3.05, 3.63) is 23.9 Å². The highest BCUT2D eigenvalue weighted by Crippen LogP contribution is 2.05. The number of fused-ring (bicyclic) bond motifs is 1. The number of nitrogens with one attached hydrogen (secondary N) is 1. The summed E-state index contributed by atoms with van der Waals surface area (Å²) in [4.78, 5) is 4.26. The predicted octanol–water partition coefficient (Wildman–Crippen LogP) is 1.36. The lowest BCUT2D eigenvalue weighted by Gasteiger charge is -2.06. The second-order valence-electron chi connectivity index (χ2n) is 4.59. The van der Waals surface area contributed by atoms with Gasteiger partial charge in [0.2, 0.25) is 0 Å². The Balaban J connectivity index is 1.99. The van der Waals surface area contributed by atoms with Crippen LogP contribution < -0.4 is 5.32 Å². The summed E-state index contributed by atoms with van der Waals surface area (Å²) < 4.78 is 1.96. The van der Waals surface area contributed by atoms with Gasteiger partial charge in [0.1, 0.15) is 12.2 Å². The molecule has 0 bridgehead atoms. The van der Waals surface area contributed by atoms with Crippen LogP contribution in [0.5, 0.6) is 0 Å². The lowest BCUT2D eigenvalue weighted by molar-refractivity contribution is 0.565. The minimum Gasteiger partial charge on any atom is -0.315 e. The van der Waals surface area contributed by atoms with Crippen LogP contribution in [-0.2, 0) is 6.42 Å². The molecule has 0 unspecified atom stereocenters. The Hall–Kier alpha value is -1.49. The molecule has 5 nitrogen and oxygen atoms in total. The zero-order chi connectivity index (χ0) is 12.3. The maximum atomic E-state index is 4.26. The molecule has 0 radical (unpaired) electrons. The molecule has 2 heterocycles. The van der Waals surface area contributed by atoms with Crippen LogP contribution in [0.15, 0.2) is 12.4 Å². The Kier molecular flexibility index (Phi) is 3.68. The molecule has 0 aliphatic heterocycles. The van der Waals surface area contributed by atoms with Gasteiger partial charge in [0.15, 0.2) is 5.65 Å². The molecule has 1 N–H and O–H groups in total. The van der Waals surface area contributed by atoms with E-state index in [9.17, 15) is 0 Å². The van der Waals surface area contributed by atoms with E-state index in [4.69, 9.17) is 0 Å². The molecule has 2 rings (SSSR count). The van der Waals surface area contributed by atoms with E-state index >= 15 is 0 Å². The van der Waals surface area contributed by atoms with E-state index in [0.717, 1.165) is 36.6 Å². The normalized spacial score (nSPS) is 11.5. The van der Waals surface area contributed by atoms with Gasteiger partial charge in [-0.25, -0.2) is 4.98 Å². The maximum absolute atomic E-state index is 4.26. The number of aryl methyl sites for hydroxylation is 2. The predicted molar refractivity (Wildman–Crippen MR) is 67.0 cm³/mol. The fourth-order valence-corrected chi connectivity index (χ4v) is 1.74. The topological polar surface area (TPSA) is 55.1 Å². The summed E-state index contributed by atoms with van der Waals surface area (Å²) in [5, 5.41) is 11.7. The van der Waals surface area contributed by atoms with Gasteiger partial charge >= 0.3 is 0 Å². The molecule has 92 valence electrons. The van der Waals surface area contributed by atoms with E-state index in [1.54, 1.807) is 6.33 Å². The van der Waals surface area contributed by atoms with Crippen molar-refractivity contribution >= 4 is 5.65 Å². The van der Waals surface area contributed by atoms with Crippen molar-refractivity contribution in [3.63, 3.8) is 0 Å². The smallest absolute Gasteiger partial charge is 0.163 e. The van der Waals surface area contributed by atoms with Crippen molar-refractivity contribution in [2.24, 2.45) is 0 Å². The first-order valence-corrected chi connectivity index (χ1v) is 6.06. The largest absolute Gasteiger partial charge is 0.315 e. The molecule has 0 fully saturated rings. The number of rotatable bonds is 5. The van der Waals surface area contributed by atoms with E-state index in [1.165, 1.54) is 0 Å². The summed E-state index contributed by atoms with van der Waals surface area (Å²) in [6, 6.07) is 2.48. The summed E-state index contributed by atoms with van der Waals surface area (Å²) in [7, 11) is 0. The Morgan fingerprint density at radius 2 is 2.18 bits per heavy atom. The molecule has 0 atom stereocenters. The molecule has 0 saturated carbocycles. The third kappa shape index (κ3) is 3.00. The number of hydrogen-bond acceptors (Lipinski definition) is 4. The number of aromatic nitrogens is 4. The first-order chi connectivity index (χ1) is 8.16. The number of hydrogen-bond donors (Lipinski definition) is 1. The van der Waals surface area contributed by atoms with Gasteiger partial charge in [0, 0.05) is 24.2 Å². The molecule has 0 aliphatic carbocycles. The molecule has 5 heteroatoms. The first kappa shape index (κ1) is 12.0. The van der Waals surface area contributed by atoms with Crippen LogP contribution in [0.3, 0.4) is 0 Å². The molecule has 2 aromatic rings. The van der Waals surface area contributed by atoms with Crippen molar-refractivity contribution in [2.45, 2.75) is 39.7 Å². The fourth-order valence-electron chi connectivity index (χ4n) is 1.74. The Morgan fingerprint density at radius 3 is 2.94 bits per heavy atom. The molecule has 0 amide bonds. The molecular weight excluding hydrogens is 214 g/mol. The van der Waals surface area contributed by atoms with Crippen LogP contribution in [0.1, 0.15) is 31.8 Å². The van der Waals surface area contributed by atoms with Gasteiger partial charge in [-0.15, -0.1) is 10.2 Å². The molecule has 0 aromatic carbocycles. The zero-order valence-electron chi connectivity index (χ0n) is 10.6. The highest BCUT2D eigenvalue weighted by Gasteiger charge is 2.05. The van der Waals surface area contributed by atoms with Crippen molar-refractivity contribution < 1.29 is 0 Å². The highest BCUT2D eigenvalue weighted by atomic mass is 15.3. The standard InChI is InChI=1S/C12H19N5/c1-9(2)13-6-4-5-11-15-16-12-7-10(3)14-8-17(11)12/h7-9,13H,4-6H2,1-3H3. The van der Waals surface area contributed by atoms with E-state index < -0.39 is 0 Å². The van der Waals surface area contributed by atoms with Gasteiger partial charge in [-0.3, -0.25) is 4.40 Å². The average Bonchev–Trinajstić information content (AvgIpc) is 2.66. The van der Waals surface area contributed by atoms with Crippen LogP contribution in [0.4, 0.5) is 0 Å². The van der Waals surface area contributed by atoms with Crippen LogP contribution in [0, 0.1) is 6.92 Å². The molecular formula is C12H19N5. The summed E-state index contributed by atoms with van der Waals surface area (Å²) in [5.74, 6) is 0.984. The van der Waals surface area contributed by atoms with Crippen LogP contribution in [0.25, 0.3) is 5.65 Å². The van der Waals surface area contributed by atoms with E-state index in [-0.39, 0.29) is 0 Å². The maximum Gasteiger partial charge on any atom is 0.163 e. The van der Waals surface area contributed by atoms with Crippen molar-refractivity contribution in [3.8, 4) is 0 Å². The van der Waals surface area contributed by atoms with Gasteiger partial charge in [0.25, 0.3) is 0 Å². The zero-order valence-corrected chi connectivity index (χ0v) is 10.6. The fraction of sp³-hybridized carbons (Fsp3) is 0.583. The molecule has 17 heavy (non-hydrogen) atoms. The molecule has 0 aliphatic rings. The van der Waals surface area contributed by atoms with E-state index in [1.807, 2.05) is 17.4 Å². The minimum absolute atomic E-state index is 0.537. The van der Waals surface area contributed by atoms with Gasteiger partial charge in [-0.1, -0.05) is 13.8 Å². The quantitative estimate of drug-likeness (QED) is 0.792. The van der Waals surface area contributed by atoms with Gasteiger partial charge in [0.05, 0.1) is 0 Å². The van der Waals surface area contributed by atoms with Crippen LogP contribution in [0.2, 0.25) is 0 Å². The highest BCUT2D eigenvalue weighted by molar-refractivity contribution is 5.37. The summed E-state index contributed by atoms with van der Waals surface area (Å²) in [6.07, 6.45) is 3.79. The Labute approximate surface area is 101 Å². The molecule has 2 aromatic heterocycles. The lowest BCUT2D eigenvalue weighted by Crippen LogP contribution is -2.24. The summed E-state index contributed by atoms with van der Waals surface area (Å²) in [6.45, 7) is 7.27. The van der Waals surface area contributed by atoms with Gasteiger partial charge in [-0.05, 0) is 19.9 Å². The second-order valence-corrected chi connectivity index (χ2v) is 4.59. The van der Waals surface area contributed by atoms with Crippen molar-refractivity contribution in [1.29, 1.82) is 0 Å². The minimum atomic E-state index is 0.537. The average molecular weight is 233 g/mol. The number of nitrogens with zero attached hydrogens (tertiary/aromatic N) is 4.